The molecule has 0 amide bonds. The Morgan fingerprint density at radius 2 is 1.93 bits per heavy atom. The van der Waals surface area contributed by atoms with Gasteiger partial charge in [-0.2, -0.15) is 0 Å². The summed E-state index contributed by atoms with van der Waals surface area (Å²) in [6, 6.07) is 0. The van der Waals surface area contributed by atoms with Crippen LogP contribution in [0.2, 0.25) is 0 Å². The molecule has 3 heteroatoms. The Kier molecular flexibility index (Phi) is 6.50. The van der Waals surface area contributed by atoms with E-state index in [-0.39, 0.29) is 0 Å². The van der Waals surface area contributed by atoms with E-state index in [0.717, 1.165) is 25.1 Å². The fraction of sp³-hybridized carbons (Fsp3) is 0.818. The van der Waals surface area contributed by atoms with Gasteiger partial charge in [-0.05, 0) is 12.8 Å². The number of nitrogens with zero attached hydrogens (tertiary/aromatic N) is 1. The number of allylic oxidation sites excluding steroid dienone is 1. The zero-order valence-corrected chi connectivity index (χ0v) is 9.39. The van der Waals surface area contributed by atoms with Crippen LogP contribution in [0.25, 0.3) is 0 Å². The molecular weight excluding hydrogens is 184 g/mol. The Morgan fingerprint density at radius 3 is 2.29 bits per heavy atom. The van der Waals surface area contributed by atoms with Crippen LogP contribution < -0.4 is 0 Å². The fourth-order valence-electron chi connectivity index (χ4n) is 1.30. The molecule has 14 heavy (non-hydrogen) atoms. The smallest absolute Gasteiger partial charge is 0.242 e. The lowest BCUT2D eigenvalue weighted by atomic mass is 10.1. The predicted octanol–water partition coefficient (Wildman–Crippen LogP) is 3.52. The average molecular weight is 205 g/mol. The molecule has 0 N–H and O–H groups in total. The van der Waals surface area contributed by atoms with Gasteiger partial charge in [0.25, 0.3) is 0 Å². The normalized spacial score (nSPS) is 13.0. The van der Waals surface area contributed by atoms with E-state index in [4.69, 9.17) is 0 Å². The Balaban J connectivity index is 4.15. The highest BCUT2D eigenvalue weighted by Crippen LogP contribution is 2.15. The summed E-state index contributed by atoms with van der Waals surface area (Å²) in [5.41, 5.74) is 0.958. The van der Waals surface area contributed by atoms with Crippen molar-refractivity contribution in [1.29, 1.82) is 0 Å². The highest BCUT2D eigenvalue weighted by atomic mass is 19.3. The molecule has 0 saturated heterocycles. The second-order valence-corrected chi connectivity index (χ2v) is 3.68. The molecule has 0 aromatic carbocycles. The van der Waals surface area contributed by atoms with E-state index in [2.05, 4.69) is 6.58 Å². The van der Waals surface area contributed by atoms with Crippen molar-refractivity contribution in [1.82, 2.24) is 4.90 Å². The molecule has 0 fully saturated rings. The topological polar surface area (TPSA) is 3.24 Å². The summed E-state index contributed by atoms with van der Waals surface area (Å²) in [6.45, 7) is 10.7. The van der Waals surface area contributed by atoms with E-state index >= 15 is 0 Å². The Morgan fingerprint density at radius 1 is 1.36 bits per heavy atom. The third-order valence-electron chi connectivity index (χ3n) is 2.29. The van der Waals surface area contributed by atoms with Crippen LogP contribution in [0.5, 0.6) is 0 Å². The first-order valence-corrected chi connectivity index (χ1v) is 5.23. The minimum atomic E-state index is -2.24. The molecule has 0 aromatic rings. The second kappa shape index (κ2) is 6.80. The van der Waals surface area contributed by atoms with Crippen LogP contribution in [0.1, 0.15) is 33.6 Å². The molecule has 84 valence electrons. The van der Waals surface area contributed by atoms with E-state index in [1.54, 1.807) is 6.92 Å². The van der Waals surface area contributed by atoms with Crippen molar-refractivity contribution in [3.63, 3.8) is 0 Å². The van der Waals surface area contributed by atoms with Crippen LogP contribution in [0.3, 0.4) is 0 Å². The summed E-state index contributed by atoms with van der Waals surface area (Å²) in [5.74, 6) is -0.579. The zero-order chi connectivity index (χ0) is 11.1. The summed E-state index contributed by atoms with van der Waals surface area (Å²) in [6.07, 6.45) is -0.440. The number of alkyl halides is 2. The molecule has 1 unspecified atom stereocenters. The van der Waals surface area contributed by atoms with Crippen molar-refractivity contribution in [3.8, 4) is 0 Å². The standard InChI is InChI=1S/C11H21F2N/c1-5-7-14(10(4)6-2)8-9(3)11(12)13/h9,11H,4-8H2,1-3H3. The number of hydrogen-bond acceptors (Lipinski definition) is 1. The minimum Gasteiger partial charge on any atom is -0.375 e. The first-order valence-electron chi connectivity index (χ1n) is 5.23. The van der Waals surface area contributed by atoms with Gasteiger partial charge in [0, 0.05) is 24.7 Å². The van der Waals surface area contributed by atoms with E-state index < -0.39 is 12.3 Å². The SMILES string of the molecule is C=C(CC)N(CCC)CC(C)C(F)F. The maximum absolute atomic E-state index is 12.3. The molecule has 1 atom stereocenters. The molecular formula is C11H21F2N. The number of halogens is 2. The zero-order valence-electron chi connectivity index (χ0n) is 9.39. The minimum absolute atomic E-state index is 0.415. The van der Waals surface area contributed by atoms with Gasteiger partial charge in [-0.3, -0.25) is 0 Å². The van der Waals surface area contributed by atoms with Crippen LogP contribution in [0.4, 0.5) is 8.78 Å². The summed E-state index contributed by atoms with van der Waals surface area (Å²) in [7, 11) is 0. The van der Waals surface area contributed by atoms with Crippen molar-refractivity contribution in [2.45, 2.75) is 40.0 Å². The molecule has 0 aromatic heterocycles. The third-order valence-corrected chi connectivity index (χ3v) is 2.29. The summed E-state index contributed by atoms with van der Waals surface area (Å²) in [5, 5.41) is 0. The van der Waals surface area contributed by atoms with Gasteiger partial charge in [0.1, 0.15) is 0 Å². The molecule has 1 nitrogen and oxygen atoms in total. The predicted molar refractivity (Wildman–Crippen MR) is 56.5 cm³/mol. The fourth-order valence-corrected chi connectivity index (χ4v) is 1.30. The van der Waals surface area contributed by atoms with Crippen LogP contribution in [-0.4, -0.2) is 24.4 Å². The monoisotopic (exact) mass is 205 g/mol. The van der Waals surface area contributed by atoms with Gasteiger partial charge in [-0.1, -0.05) is 27.4 Å². The maximum Gasteiger partial charge on any atom is 0.242 e. The lowest BCUT2D eigenvalue weighted by Crippen LogP contribution is -2.31. The van der Waals surface area contributed by atoms with E-state index in [0.29, 0.717) is 6.54 Å². The highest BCUT2D eigenvalue weighted by Gasteiger charge is 2.18. The summed E-state index contributed by atoms with van der Waals surface area (Å²) >= 11 is 0. The maximum atomic E-state index is 12.3. The molecule has 0 aliphatic heterocycles. The Bertz CT molecular complexity index is 169. The van der Waals surface area contributed by atoms with Crippen LogP contribution >= 0.6 is 0 Å². The molecule has 0 bridgehead atoms. The summed E-state index contributed by atoms with van der Waals surface area (Å²) in [4.78, 5) is 1.97. The average Bonchev–Trinajstić information content (AvgIpc) is 2.15. The van der Waals surface area contributed by atoms with Crippen molar-refractivity contribution < 1.29 is 8.78 Å². The van der Waals surface area contributed by atoms with Gasteiger partial charge in [-0.25, -0.2) is 8.78 Å². The number of rotatable bonds is 7. The molecule has 0 spiro atoms. The van der Waals surface area contributed by atoms with Gasteiger partial charge in [0.15, 0.2) is 0 Å². The van der Waals surface area contributed by atoms with Crippen LogP contribution in [-0.2, 0) is 0 Å². The quantitative estimate of drug-likeness (QED) is 0.614. The lowest BCUT2D eigenvalue weighted by molar-refractivity contribution is 0.0683. The van der Waals surface area contributed by atoms with E-state index in [1.165, 1.54) is 0 Å². The first-order chi connectivity index (χ1) is 6.52. The molecule has 0 heterocycles. The highest BCUT2D eigenvalue weighted by molar-refractivity contribution is 4.93. The number of hydrogen-bond donors (Lipinski definition) is 0. The third kappa shape index (κ3) is 4.58. The van der Waals surface area contributed by atoms with Crippen LogP contribution in [0.15, 0.2) is 12.3 Å². The van der Waals surface area contributed by atoms with Crippen LogP contribution in [0, 0.1) is 5.92 Å². The molecule has 0 rings (SSSR count). The largest absolute Gasteiger partial charge is 0.375 e. The van der Waals surface area contributed by atoms with Gasteiger partial charge in [0.05, 0.1) is 0 Å². The van der Waals surface area contributed by atoms with Gasteiger partial charge in [-0.15, -0.1) is 0 Å². The van der Waals surface area contributed by atoms with Gasteiger partial charge in [0.2, 0.25) is 6.43 Å². The lowest BCUT2D eigenvalue weighted by Gasteiger charge is -2.28. The Labute approximate surface area is 85.8 Å². The molecule has 0 saturated carbocycles. The van der Waals surface area contributed by atoms with Crippen molar-refractivity contribution >= 4 is 0 Å². The molecule has 0 aliphatic carbocycles. The first kappa shape index (κ1) is 13.4. The molecule has 0 radical (unpaired) electrons. The van der Waals surface area contributed by atoms with Gasteiger partial charge >= 0.3 is 0 Å². The second-order valence-electron chi connectivity index (χ2n) is 3.68. The van der Waals surface area contributed by atoms with E-state index in [9.17, 15) is 8.78 Å². The van der Waals surface area contributed by atoms with E-state index in [1.807, 2.05) is 18.7 Å². The van der Waals surface area contributed by atoms with Crippen molar-refractivity contribution in [2.24, 2.45) is 5.92 Å². The molecule has 0 aliphatic rings. The van der Waals surface area contributed by atoms with Crippen molar-refractivity contribution in [2.75, 3.05) is 13.1 Å². The van der Waals surface area contributed by atoms with Gasteiger partial charge < -0.3 is 4.90 Å². The Hall–Kier alpha value is -0.600. The summed E-state index contributed by atoms with van der Waals surface area (Å²) < 4.78 is 24.7. The van der Waals surface area contributed by atoms with Crippen molar-refractivity contribution in [3.05, 3.63) is 12.3 Å².